The van der Waals surface area contributed by atoms with E-state index in [1.807, 2.05) is 13.2 Å². The molecule has 0 atom stereocenters. The van der Waals surface area contributed by atoms with Gasteiger partial charge in [-0.1, -0.05) is 48.5 Å². The van der Waals surface area contributed by atoms with Crippen molar-refractivity contribution in [3.05, 3.63) is 77.9 Å². The largest absolute Gasteiger partial charge is 0.489 e. The number of ether oxygens (including phenoxy) is 2. The first-order valence-corrected chi connectivity index (χ1v) is 8.55. The number of benzene rings is 3. The Labute approximate surface area is 143 Å². The van der Waals surface area contributed by atoms with E-state index in [1.165, 1.54) is 28.3 Å². The Hall–Kier alpha value is -2.32. The number of hydrogen-bond acceptors (Lipinski definition) is 2. The van der Waals surface area contributed by atoms with Crippen LogP contribution in [0.1, 0.15) is 30.4 Å². The summed E-state index contributed by atoms with van der Waals surface area (Å²) in [4.78, 5) is 0. The van der Waals surface area contributed by atoms with Crippen molar-refractivity contribution in [3.8, 4) is 5.75 Å². The maximum Gasteiger partial charge on any atom is 0.120 e. The van der Waals surface area contributed by atoms with Crippen molar-refractivity contribution in [3.63, 3.8) is 0 Å². The van der Waals surface area contributed by atoms with E-state index in [0.717, 1.165) is 18.6 Å². The zero-order valence-corrected chi connectivity index (χ0v) is 14.0. The highest BCUT2D eigenvalue weighted by molar-refractivity contribution is 5.82. The number of rotatable bonds is 5. The highest BCUT2D eigenvalue weighted by Crippen LogP contribution is 2.44. The molecular formula is C22H22O2. The lowest BCUT2D eigenvalue weighted by molar-refractivity contribution is -0.0779. The van der Waals surface area contributed by atoms with Gasteiger partial charge in [-0.25, -0.2) is 0 Å². The number of hydrogen-bond donors (Lipinski definition) is 0. The molecule has 0 heterocycles. The van der Waals surface area contributed by atoms with Gasteiger partial charge in [-0.15, -0.1) is 0 Å². The fourth-order valence-electron chi connectivity index (χ4n) is 3.47. The Morgan fingerprint density at radius 2 is 1.71 bits per heavy atom. The van der Waals surface area contributed by atoms with Gasteiger partial charge in [-0.3, -0.25) is 0 Å². The predicted octanol–water partition coefficient (Wildman–Crippen LogP) is 5.44. The van der Waals surface area contributed by atoms with Crippen molar-refractivity contribution in [1.29, 1.82) is 0 Å². The molecule has 0 N–H and O–H groups in total. The third-order valence-corrected chi connectivity index (χ3v) is 5.13. The molecule has 0 saturated heterocycles. The van der Waals surface area contributed by atoms with Gasteiger partial charge >= 0.3 is 0 Å². The minimum absolute atomic E-state index is 0.0949. The fraction of sp³-hybridized carbons (Fsp3) is 0.273. The van der Waals surface area contributed by atoms with Crippen LogP contribution < -0.4 is 4.74 Å². The van der Waals surface area contributed by atoms with Gasteiger partial charge in [-0.2, -0.15) is 0 Å². The Kier molecular flexibility index (Phi) is 3.99. The molecule has 0 aliphatic heterocycles. The molecule has 1 saturated carbocycles. The maximum absolute atomic E-state index is 6.03. The minimum Gasteiger partial charge on any atom is -0.489 e. The molecule has 1 aliphatic rings. The lowest BCUT2D eigenvalue weighted by atomic mass is 9.75. The molecule has 3 aromatic rings. The van der Waals surface area contributed by atoms with Crippen molar-refractivity contribution in [2.45, 2.75) is 31.5 Å². The van der Waals surface area contributed by atoms with Gasteiger partial charge in [0.05, 0.1) is 5.60 Å². The molecule has 1 aliphatic carbocycles. The van der Waals surface area contributed by atoms with Gasteiger partial charge in [-0.05, 0) is 59.4 Å². The van der Waals surface area contributed by atoms with Gasteiger partial charge < -0.3 is 9.47 Å². The molecule has 3 aromatic carbocycles. The first-order valence-electron chi connectivity index (χ1n) is 8.55. The summed E-state index contributed by atoms with van der Waals surface area (Å²) in [5.41, 5.74) is 2.32. The molecular weight excluding hydrogens is 296 g/mol. The topological polar surface area (TPSA) is 18.5 Å². The Morgan fingerprint density at radius 1 is 0.875 bits per heavy atom. The summed E-state index contributed by atoms with van der Waals surface area (Å²) in [5, 5.41) is 2.51. The van der Waals surface area contributed by atoms with E-state index in [9.17, 15) is 0 Å². The van der Waals surface area contributed by atoms with Gasteiger partial charge in [0.1, 0.15) is 12.4 Å². The van der Waals surface area contributed by atoms with Crippen molar-refractivity contribution in [2.75, 3.05) is 7.11 Å². The number of fused-ring (bicyclic) bond motifs is 1. The van der Waals surface area contributed by atoms with Crippen molar-refractivity contribution in [2.24, 2.45) is 0 Å². The van der Waals surface area contributed by atoms with E-state index in [2.05, 4.69) is 60.7 Å². The van der Waals surface area contributed by atoms with Crippen LogP contribution in [0.3, 0.4) is 0 Å². The van der Waals surface area contributed by atoms with Crippen LogP contribution in [0.5, 0.6) is 5.75 Å². The summed E-state index contributed by atoms with van der Waals surface area (Å²) in [7, 11) is 1.81. The summed E-state index contributed by atoms with van der Waals surface area (Å²) in [6.45, 7) is 0.578. The smallest absolute Gasteiger partial charge is 0.120 e. The molecule has 2 heteroatoms. The Balaban J connectivity index is 1.51. The van der Waals surface area contributed by atoms with E-state index < -0.39 is 0 Å². The van der Waals surface area contributed by atoms with Crippen LogP contribution in [-0.2, 0) is 16.9 Å². The van der Waals surface area contributed by atoms with E-state index >= 15 is 0 Å². The van der Waals surface area contributed by atoms with Crippen LogP contribution in [-0.4, -0.2) is 7.11 Å². The molecule has 2 nitrogen and oxygen atoms in total. The van der Waals surface area contributed by atoms with Crippen molar-refractivity contribution >= 4 is 10.8 Å². The summed E-state index contributed by atoms with van der Waals surface area (Å²) < 4.78 is 11.8. The van der Waals surface area contributed by atoms with Crippen LogP contribution in [0.15, 0.2) is 66.7 Å². The van der Waals surface area contributed by atoms with Gasteiger partial charge in [0, 0.05) is 7.11 Å². The van der Waals surface area contributed by atoms with Crippen molar-refractivity contribution < 1.29 is 9.47 Å². The van der Waals surface area contributed by atoms with Gasteiger partial charge in [0.2, 0.25) is 0 Å². The summed E-state index contributed by atoms with van der Waals surface area (Å²) in [5.74, 6) is 0.906. The fourth-order valence-corrected chi connectivity index (χ4v) is 3.47. The quantitative estimate of drug-likeness (QED) is 0.623. The molecule has 0 bridgehead atoms. The third-order valence-electron chi connectivity index (χ3n) is 5.13. The molecule has 4 rings (SSSR count). The highest BCUT2D eigenvalue weighted by Gasteiger charge is 2.38. The second-order valence-corrected chi connectivity index (χ2v) is 6.55. The minimum atomic E-state index is -0.0949. The normalized spacial score (nSPS) is 15.9. The number of methoxy groups -OCH3 is 1. The predicted molar refractivity (Wildman–Crippen MR) is 97.3 cm³/mol. The molecule has 0 spiro atoms. The summed E-state index contributed by atoms with van der Waals surface area (Å²) in [6.07, 6.45) is 3.42. The Morgan fingerprint density at radius 3 is 2.46 bits per heavy atom. The second-order valence-electron chi connectivity index (χ2n) is 6.55. The van der Waals surface area contributed by atoms with E-state index in [0.29, 0.717) is 6.61 Å². The zero-order chi connectivity index (χ0) is 16.4. The van der Waals surface area contributed by atoms with Crippen LogP contribution in [0.4, 0.5) is 0 Å². The monoisotopic (exact) mass is 318 g/mol. The average Bonchev–Trinajstić information content (AvgIpc) is 2.60. The van der Waals surface area contributed by atoms with Crippen LogP contribution >= 0.6 is 0 Å². The maximum atomic E-state index is 6.03. The highest BCUT2D eigenvalue weighted by atomic mass is 16.5. The molecule has 0 unspecified atom stereocenters. The van der Waals surface area contributed by atoms with Crippen LogP contribution in [0.25, 0.3) is 10.8 Å². The van der Waals surface area contributed by atoms with Gasteiger partial charge in [0.15, 0.2) is 0 Å². The second kappa shape index (κ2) is 6.29. The summed E-state index contributed by atoms with van der Waals surface area (Å²) in [6, 6.07) is 23.2. The van der Waals surface area contributed by atoms with E-state index in [4.69, 9.17) is 9.47 Å². The molecule has 122 valence electrons. The lowest BCUT2D eigenvalue weighted by Gasteiger charge is -2.41. The third kappa shape index (κ3) is 2.78. The SMILES string of the molecule is COC1(c2cccc(OCc3ccc4ccccc4c3)c2)CCC1. The van der Waals surface area contributed by atoms with Crippen molar-refractivity contribution in [1.82, 2.24) is 0 Å². The van der Waals surface area contributed by atoms with Crippen LogP contribution in [0.2, 0.25) is 0 Å². The van der Waals surface area contributed by atoms with E-state index in [-0.39, 0.29) is 5.60 Å². The van der Waals surface area contributed by atoms with E-state index in [1.54, 1.807) is 0 Å². The molecule has 0 amide bonds. The summed E-state index contributed by atoms with van der Waals surface area (Å²) >= 11 is 0. The lowest BCUT2D eigenvalue weighted by Crippen LogP contribution is -2.35. The van der Waals surface area contributed by atoms with Gasteiger partial charge in [0.25, 0.3) is 0 Å². The first kappa shape index (κ1) is 15.2. The molecule has 0 aromatic heterocycles. The first-order chi connectivity index (χ1) is 11.8. The standard InChI is InChI=1S/C22H22O2/c1-23-22(12-5-13-22)20-8-4-9-21(15-20)24-16-17-10-11-18-6-2-3-7-19(18)14-17/h2-4,6-11,14-15H,5,12-13,16H2,1H3. The van der Waals surface area contributed by atoms with Crippen LogP contribution in [0, 0.1) is 0 Å². The molecule has 0 radical (unpaired) electrons. The average molecular weight is 318 g/mol. The zero-order valence-electron chi connectivity index (χ0n) is 14.0. The Bertz CT molecular complexity index is 844. The molecule has 24 heavy (non-hydrogen) atoms. The molecule has 1 fully saturated rings.